The molecule has 0 fully saturated rings. The fraction of sp³-hybridized carbons (Fsp3) is 0.0333. The van der Waals surface area contributed by atoms with Crippen molar-refractivity contribution in [3.05, 3.63) is 132 Å². The maximum absolute atomic E-state index is 12.0. The molecule has 0 aliphatic rings. The van der Waals surface area contributed by atoms with E-state index in [1.165, 1.54) is 6.07 Å². The number of nitrogens with zero attached hydrogens (tertiary/aromatic N) is 1. The van der Waals surface area contributed by atoms with Gasteiger partial charge < -0.3 is 0 Å². The van der Waals surface area contributed by atoms with Crippen LogP contribution in [0.15, 0.2) is 126 Å². The second-order valence-electron chi connectivity index (χ2n) is 8.59. The van der Waals surface area contributed by atoms with Crippen LogP contribution in [0.25, 0.3) is 33.6 Å². The maximum Gasteiger partial charge on any atom is 0.243 e. The fourth-order valence-electron chi connectivity index (χ4n) is 4.25. The van der Waals surface area contributed by atoms with Crippen LogP contribution in [0.2, 0.25) is 5.02 Å². The Balaban J connectivity index is 1.67. The Bertz CT molecular complexity index is 1580. The van der Waals surface area contributed by atoms with E-state index in [1.807, 2.05) is 59.3 Å². The van der Waals surface area contributed by atoms with Gasteiger partial charge in [0, 0.05) is 23.3 Å². The molecule has 0 bridgehead atoms. The van der Waals surface area contributed by atoms with Crippen LogP contribution in [0.1, 0.15) is 5.56 Å². The Morgan fingerprint density at radius 1 is 0.649 bits per heavy atom. The first-order valence-electron chi connectivity index (χ1n) is 11.7. The van der Waals surface area contributed by atoms with Crippen LogP contribution >= 0.6 is 11.6 Å². The molecule has 0 aliphatic heterocycles. The van der Waals surface area contributed by atoms with Crippen molar-refractivity contribution in [1.82, 2.24) is 0 Å². The lowest BCUT2D eigenvalue weighted by Gasteiger charge is -2.13. The lowest BCUT2D eigenvalue weighted by molar-refractivity contribution is -0.629. The number of hydrogen-bond donors (Lipinski definition) is 2. The molecular weight excluding hydrogens is 502 g/mol. The van der Waals surface area contributed by atoms with Crippen LogP contribution in [0, 0.1) is 0 Å². The van der Waals surface area contributed by atoms with Gasteiger partial charge in [-0.15, -0.1) is 0 Å². The summed E-state index contributed by atoms with van der Waals surface area (Å²) >= 11 is 6.10. The molecule has 5 rings (SSSR count). The van der Waals surface area contributed by atoms with Crippen LogP contribution < -0.4 is 15.2 Å². The van der Waals surface area contributed by atoms with Crippen molar-refractivity contribution in [2.75, 3.05) is 5.43 Å². The normalized spacial score (nSPS) is 11.3. The average Bonchev–Trinajstić information content (AvgIpc) is 2.93. The van der Waals surface area contributed by atoms with Gasteiger partial charge in [0.15, 0.2) is 0 Å². The van der Waals surface area contributed by atoms with E-state index in [0.29, 0.717) is 6.54 Å². The molecule has 0 saturated heterocycles. The zero-order chi connectivity index (χ0) is 25.8. The van der Waals surface area contributed by atoms with Crippen LogP contribution in [0.3, 0.4) is 0 Å². The Kier molecular flexibility index (Phi) is 7.06. The van der Waals surface area contributed by atoms with Gasteiger partial charge in [-0.2, -0.15) is 5.43 Å². The lowest BCUT2D eigenvalue weighted by atomic mass is 9.99. The summed E-state index contributed by atoms with van der Waals surface area (Å²) in [6.45, 7) is 0.342. The number of pyridine rings is 1. The number of nitrogens with two attached hydrogens (primary N) is 1. The SMILES string of the molecule is NS(=O)(=O)c1cc(CN[n+]2c(-c3ccccc3)cc(-c3ccccc3)cc2-c2ccccc2)ccc1Cl. The topological polar surface area (TPSA) is 76.1 Å². The molecule has 0 unspecified atom stereocenters. The van der Waals surface area contributed by atoms with E-state index in [0.717, 1.165) is 39.2 Å². The van der Waals surface area contributed by atoms with Crippen molar-refractivity contribution in [2.24, 2.45) is 5.14 Å². The summed E-state index contributed by atoms with van der Waals surface area (Å²) in [7, 11) is -3.94. The minimum Gasteiger partial charge on any atom is -0.225 e. The molecule has 37 heavy (non-hydrogen) atoms. The zero-order valence-electron chi connectivity index (χ0n) is 19.9. The number of sulfonamides is 1. The summed E-state index contributed by atoms with van der Waals surface area (Å²) < 4.78 is 26.0. The second kappa shape index (κ2) is 10.6. The first kappa shape index (κ1) is 24.7. The van der Waals surface area contributed by atoms with Crippen molar-refractivity contribution in [3.8, 4) is 33.6 Å². The zero-order valence-corrected chi connectivity index (χ0v) is 21.5. The van der Waals surface area contributed by atoms with Gasteiger partial charge in [-0.05, 0) is 53.1 Å². The molecule has 0 radical (unpaired) electrons. The maximum atomic E-state index is 12.0. The predicted octanol–water partition coefficient (Wildman–Crippen LogP) is 6.02. The number of benzene rings is 4. The summed E-state index contributed by atoms with van der Waals surface area (Å²) in [6, 6.07) is 39.7. The second-order valence-corrected chi connectivity index (χ2v) is 10.5. The highest BCUT2D eigenvalue weighted by Crippen LogP contribution is 2.29. The average molecular weight is 527 g/mol. The van der Waals surface area contributed by atoms with Gasteiger partial charge in [0.2, 0.25) is 21.4 Å². The quantitative estimate of drug-likeness (QED) is 0.255. The summed E-state index contributed by atoms with van der Waals surface area (Å²) in [5, 5.41) is 5.47. The van der Waals surface area contributed by atoms with Crippen molar-refractivity contribution in [2.45, 2.75) is 11.4 Å². The number of primary sulfonamides is 1. The van der Waals surface area contributed by atoms with E-state index in [1.54, 1.807) is 12.1 Å². The van der Waals surface area contributed by atoms with Crippen molar-refractivity contribution < 1.29 is 13.1 Å². The van der Waals surface area contributed by atoms with Crippen LogP contribution in [-0.4, -0.2) is 8.42 Å². The van der Waals surface area contributed by atoms with E-state index >= 15 is 0 Å². The fourth-order valence-corrected chi connectivity index (χ4v) is 5.35. The van der Waals surface area contributed by atoms with E-state index in [2.05, 4.69) is 54.0 Å². The van der Waals surface area contributed by atoms with E-state index in [9.17, 15) is 8.42 Å². The molecule has 7 heteroatoms. The highest BCUT2D eigenvalue weighted by atomic mass is 35.5. The number of halogens is 1. The number of rotatable bonds is 7. The molecule has 3 N–H and O–H groups in total. The number of hydrogen-bond acceptors (Lipinski definition) is 3. The minimum absolute atomic E-state index is 0.0931. The van der Waals surface area contributed by atoms with Crippen molar-refractivity contribution >= 4 is 21.6 Å². The minimum atomic E-state index is -3.94. The van der Waals surface area contributed by atoms with Gasteiger partial charge in [-0.25, -0.2) is 13.6 Å². The van der Waals surface area contributed by atoms with Gasteiger partial charge in [0.25, 0.3) is 0 Å². The molecular formula is C30H25ClN3O2S+. The van der Waals surface area contributed by atoms with Gasteiger partial charge in [-0.3, -0.25) is 0 Å². The first-order valence-corrected chi connectivity index (χ1v) is 13.6. The molecule has 0 amide bonds. The Morgan fingerprint density at radius 2 is 1.14 bits per heavy atom. The largest absolute Gasteiger partial charge is 0.243 e. The molecule has 184 valence electrons. The molecule has 5 nitrogen and oxygen atoms in total. The van der Waals surface area contributed by atoms with E-state index in [4.69, 9.17) is 16.7 Å². The number of nitrogens with one attached hydrogen (secondary N) is 1. The number of aromatic nitrogens is 1. The highest BCUT2D eigenvalue weighted by molar-refractivity contribution is 7.89. The van der Waals surface area contributed by atoms with Crippen LogP contribution in [-0.2, 0) is 16.6 Å². The summed E-state index contributed by atoms with van der Waals surface area (Å²) in [4.78, 5) is -0.0931. The highest BCUT2D eigenvalue weighted by Gasteiger charge is 2.24. The first-order chi connectivity index (χ1) is 17.9. The molecule has 0 saturated carbocycles. The summed E-state index contributed by atoms with van der Waals surface area (Å²) in [5.74, 6) is 0. The smallest absolute Gasteiger partial charge is 0.225 e. The molecule has 1 aromatic heterocycles. The summed E-state index contributed by atoms with van der Waals surface area (Å²) in [6.07, 6.45) is 0. The van der Waals surface area contributed by atoms with Gasteiger partial charge in [-0.1, -0.05) is 89.1 Å². The van der Waals surface area contributed by atoms with Crippen LogP contribution in [0.5, 0.6) is 0 Å². The molecule has 0 aliphatic carbocycles. The molecule has 0 spiro atoms. The molecule has 5 aromatic rings. The third-order valence-corrected chi connectivity index (χ3v) is 7.45. The Morgan fingerprint density at radius 3 is 1.62 bits per heavy atom. The molecule has 4 aromatic carbocycles. The standard InChI is InChI=1S/C30H25ClN3O2S/c31-27-17-16-22(18-30(27)37(32,35)36)21-33-34-28(24-12-6-2-7-13-24)19-26(23-10-4-1-5-11-23)20-29(34)25-14-8-3-9-15-25/h1-20,33H,21H2,(H2,32,35,36)/q+1. The van der Waals surface area contributed by atoms with Crippen molar-refractivity contribution in [3.63, 3.8) is 0 Å². The monoisotopic (exact) mass is 526 g/mol. The van der Waals surface area contributed by atoms with E-state index in [-0.39, 0.29) is 9.92 Å². The lowest BCUT2D eigenvalue weighted by Crippen LogP contribution is -2.48. The van der Waals surface area contributed by atoms with Gasteiger partial charge >= 0.3 is 0 Å². The molecule has 1 heterocycles. The third kappa shape index (κ3) is 5.57. The van der Waals surface area contributed by atoms with Gasteiger partial charge in [0.05, 0.1) is 11.6 Å². The Hall–Kier alpha value is -3.97. The van der Waals surface area contributed by atoms with Crippen molar-refractivity contribution in [1.29, 1.82) is 0 Å². The third-order valence-electron chi connectivity index (χ3n) is 6.06. The van der Waals surface area contributed by atoms with Crippen LogP contribution in [0.4, 0.5) is 0 Å². The van der Waals surface area contributed by atoms with Gasteiger partial charge in [0.1, 0.15) is 4.90 Å². The summed E-state index contributed by atoms with van der Waals surface area (Å²) in [5.41, 5.74) is 10.4. The predicted molar refractivity (Wildman–Crippen MR) is 149 cm³/mol. The molecule has 0 atom stereocenters. The Labute approximate surface area is 221 Å². The van der Waals surface area contributed by atoms with E-state index < -0.39 is 10.0 Å².